The van der Waals surface area contributed by atoms with Gasteiger partial charge in [-0.25, -0.2) is 14.6 Å². The maximum absolute atomic E-state index is 12.6. The summed E-state index contributed by atoms with van der Waals surface area (Å²) in [5.41, 5.74) is -1.13. The first kappa shape index (κ1) is 23.9. The minimum atomic E-state index is -0.693. The normalized spacial score (nSPS) is 11.7. The van der Waals surface area contributed by atoms with E-state index in [1.807, 2.05) is 0 Å². The first-order valence-corrected chi connectivity index (χ1v) is 10.1. The molecule has 0 atom stereocenters. The highest BCUT2D eigenvalue weighted by Gasteiger charge is 2.27. The SMILES string of the molecule is CCOC(=O)c1csc(N(CCCC(=O)OC(C)(C)C)C(=O)OC(C)(C)C)n1. The molecule has 158 valence electrons. The highest BCUT2D eigenvalue weighted by atomic mass is 32.1. The largest absolute Gasteiger partial charge is 0.461 e. The number of ether oxygens (including phenoxy) is 3. The van der Waals surface area contributed by atoms with E-state index in [1.165, 1.54) is 10.3 Å². The Labute approximate surface area is 170 Å². The number of amides is 1. The first-order valence-electron chi connectivity index (χ1n) is 9.17. The van der Waals surface area contributed by atoms with Crippen molar-refractivity contribution in [2.75, 3.05) is 18.1 Å². The van der Waals surface area contributed by atoms with Gasteiger partial charge in [0.25, 0.3) is 0 Å². The molecule has 9 heteroatoms. The lowest BCUT2D eigenvalue weighted by Crippen LogP contribution is -2.37. The third-order valence-electron chi connectivity index (χ3n) is 3.00. The molecule has 0 aliphatic heterocycles. The van der Waals surface area contributed by atoms with E-state index in [0.29, 0.717) is 11.6 Å². The molecule has 0 aliphatic carbocycles. The molecule has 0 radical (unpaired) electrons. The van der Waals surface area contributed by atoms with Crippen LogP contribution in [0.1, 0.15) is 71.8 Å². The Morgan fingerprint density at radius 1 is 1.07 bits per heavy atom. The van der Waals surface area contributed by atoms with Gasteiger partial charge in [-0.05, 0) is 54.9 Å². The molecule has 0 fully saturated rings. The van der Waals surface area contributed by atoms with Gasteiger partial charge in [0.2, 0.25) is 0 Å². The monoisotopic (exact) mass is 414 g/mol. The van der Waals surface area contributed by atoms with E-state index in [1.54, 1.807) is 48.5 Å². The van der Waals surface area contributed by atoms with Gasteiger partial charge < -0.3 is 14.2 Å². The van der Waals surface area contributed by atoms with Crippen molar-refractivity contribution >= 4 is 34.5 Å². The summed E-state index contributed by atoms with van der Waals surface area (Å²) in [4.78, 5) is 41.9. The standard InChI is InChI=1S/C19H30N2O6S/c1-8-25-15(23)13-12-28-16(20-13)21(17(24)27-19(5,6)7)11-9-10-14(22)26-18(2,3)4/h12H,8-11H2,1-7H3. The summed E-state index contributed by atoms with van der Waals surface area (Å²) < 4.78 is 15.6. The Morgan fingerprint density at radius 2 is 1.68 bits per heavy atom. The van der Waals surface area contributed by atoms with Crippen LogP contribution in [0.4, 0.5) is 9.93 Å². The lowest BCUT2D eigenvalue weighted by Gasteiger charge is -2.26. The number of aromatic nitrogens is 1. The maximum atomic E-state index is 12.6. The van der Waals surface area contributed by atoms with Crippen molar-refractivity contribution in [2.24, 2.45) is 0 Å². The summed E-state index contributed by atoms with van der Waals surface area (Å²) in [5.74, 6) is -0.897. The molecule has 0 N–H and O–H groups in total. The van der Waals surface area contributed by atoms with Gasteiger partial charge in [0, 0.05) is 18.3 Å². The highest BCUT2D eigenvalue weighted by Crippen LogP contribution is 2.24. The lowest BCUT2D eigenvalue weighted by atomic mass is 10.2. The fraction of sp³-hybridized carbons (Fsp3) is 0.684. The van der Waals surface area contributed by atoms with Crippen molar-refractivity contribution in [1.82, 2.24) is 4.98 Å². The van der Waals surface area contributed by atoms with E-state index in [-0.39, 0.29) is 31.2 Å². The topological polar surface area (TPSA) is 95.0 Å². The average Bonchev–Trinajstić information content (AvgIpc) is 2.97. The van der Waals surface area contributed by atoms with E-state index in [0.717, 1.165) is 11.3 Å². The number of anilines is 1. The van der Waals surface area contributed by atoms with Gasteiger partial charge >= 0.3 is 18.0 Å². The Morgan fingerprint density at radius 3 is 2.21 bits per heavy atom. The van der Waals surface area contributed by atoms with Gasteiger partial charge in [-0.1, -0.05) is 0 Å². The fourth-order valence-corrected chi connectivity index (χ4v) is 2.85. The van der Waals surface area contributed by atoms with Crippen LogP contribution >= 0.6 is 11.3 Å². The molecule has 0 saturated heterocycles. The number of rotatable bonds is 7. The number of hydrogen-bond acceptors (Lipinski definition) is 8. The number of carbonyl (C=O) groups is 3. The van der Waals surface area contributed by atoms with Gasteiger partial charge in [-0.2, -0.15) is 0 Å². The Hall–Kier alpha value is -2.16. The fourth-order valence-electron chi connectivity index (χ4n) is 2.04. The maximum Gasteiger partial charge on any atom is 0.416 e. The number of nitrogens with zero attached hydrogens (tertiary/aromatic N) is 2. The van der Waals surface area contributed by atoms with Crippen molar-refractivity contribution in [1.29, 1.82) is 0 Å². The Balaban J connectivity index is 2.87. The minimum Gasteiger partial charge on any atom is -0.461 e. The van der Waals surface area contributed by atoms with Gasteiger partial charge in [-0.15, -0.1) is 11.3 Å². The van der Waals surface area contributed by atoms with Crippen molar-refractivity contribution < 1.29 is 28.6 Å². The average molecular weight is 415 g/mol. The highest BCUT2D eigenvalue weighted by molar-refractivity contribution is 7.14. The van der Waals surface area contributed by atoms with E-state index in [2.05, 4.69) is 4.98 Å². The second-order valence-corrected chi connectivity index (χ2v) is 8.89. The van der Waals surface area contributed by atoms with Crippen LogP contribution < -0.4 is 4.90 Å². The molecule has 1 aromatic rings. The summed E-state index contributed by atoms with van der Waals surface area (Å²) in [5, 5.41) is 1.83. The van der Waals surface area contributed by atoms with Crippen LogP contribution in [0.25, 0.3) is 0 Å². The molecule has 1 aromatic heterocycles. The summed E-state index contributed by atoms with van der Waals surface area (Å²) in [6, 6.07) is 0. The molecular formula is C19H30N2O6S. The van der Waals surface area contributed by atoms with Crippen LogP contribution in [0.15, 0.2) is 5.38 Å². The minimum absolute atomic E-state index is 0.127. The number of hydrogen-bond donors (Lipinski definition) is 0. The predicted octanol–water partition coefficient (Wildman–Crippen LogP) is 4.18. The molecule has 28 heavy (non-hydrogen) atoms. The van der Waals surface area contributed by atoms with Crippen molar-refractivity contribution in [3.8, 4) is 0 Å². The van der Waals surface area contributed by atoms with Crippen LogP contribution in [0.2, 0.25) is 0 Å². The first-order chi connectivity index (χ1) is 12.8. The smallest absolute Gasteiger partial charge is 0.416 e. The zero-order chi connectivity index (χ0) is 21.5. The van der Waals surface area contributed by atoms with Crippen LogP contribution in [0.5, 0.6) is 0 Å². The predicted molar refractivity (Wildman–Crippen MR) is 107 cm³/mol. The third-order valence-corrected chi connectivity index (χ3v) is 3.87. The van der Waals surface area contributed by atoms with Gasteiger partial charge in [0.1, 0.15) is 11.2 Å². The van der Waals surface area contributed by atoms with E-state index in [9.17, 15) is 14.4 Å². The third kappa shape index (κ3) is 8.69. The van der Waals surface area contributed by atoms with Crippen LogP contribution in [-0.2, 0) is 19.0 Å². The van der Waals surface area contributed by atoms with Crippen molar-refractivity contribution in [3.63, 3.8) is 0 Å². The molecule has 8 nitrogen and oxygen atoms in total. The van der Waals surface area contributed by atoms with Crippen molar-refractivity contribution in [3.05, 3.63) is 11.1 Å². The molecule has 0 saturated carbocycles. The molecule has 0 aromatic carbocycles. The number of carbonyl (C=O) groups excluding carboxylic acids is 3. The van der Waals surface area contributed by atoms with E-state index in [4.69, 9.17) is 14.2 Å². The quantitative estimate of drug-likeness (QED) is 0.488. The molecule has 0 unspecified atom stereocenters. The number of esters is 2. The molecule has 1 rings (SSSR count). The van der Waals surface area contributed by atoms with Crippen LogP contribution in [0.3, 0.4) is 0 Å². The molecule has 1 amide bonds. The Bertz CT molecular complexity index is 687. The molecule has 0 aliphatic rings. The van der Waals surface area contributed by atoms with E-state index < -0.39 is 23.3 Å². The summed E-state index contributed by atoms with van der Waals surface area (Å²) in [6.45, 7) is 12.8. The lowest BCUT2D eigenvalue weighted by molar-refractivity contribution is -0.154. The molecule has 0 bridgehead atoms. The second kappa shape index (κ2) is 9.86. The number of thiazole rings is 1. The van der Waals surface area contributed by atoms with Crippen LogP contribution in [0, 0.1) is 0 Å². The zero-order valence-electron chi connectivity index (χ0n) is 17.7. The summed E-state index contributed by atoms with van der Waals surface area (Å²) in [6.07, 6.45) is -0.0868. The zero-order valence-corrected chi connectivity index (χ0v) is 18.5. The second-order valence-electron chi connectivity index (χ2n) is 8.06. The molecular weight excluding hydrogens is 384 g/mol. The summed E-state index contributed by atoms with van der Waals surface area (Å²) in [7, 11) is 0. The molecule has 1 heterocycles. The van der Waals surface area contributed by atoms with Crippen molar-refractivity contribution in [2.45, 2.75) is 72.5 Å². The van der Waals surface area contributed by atoms with Gasteiger partial charge in [0.05, 0.1) is 6.61 Å². The Kier molecular flexibility index (Phi) is 8.41. The summed E-state index contributed by atoms with van der Waals surface area (Å²) >= 11 is 1.13. The molecule has 0 spiro atoms. The van der Waals surface area contributed by atoms with Gasteiger partial charge in [-0.3, -0.25) is 9.69 Å². The van der Waals surface area contributed by atoms with Crippen LogP contribution in [-0.4, -0.2) is 47.4 Å². The van der Waals surface area contributed by atoms with Gasteiger partial charge in [0.15, 0.2) is 10.8 Å². The van der Waals surface area contributed by atoms with E-state index >= 15 is 0 Å².